The predicted molar refractivity (Wildman–Crippen MR) is 74.4 cm³/mol. The average molecular weight is 300 g/mol. The molecule has 1 fully saturated rings. The lowest BCUT2D eigenvalue weighted by Crippen LogP contribution is -2.15. The third kappa shape index (κ3) is 2.91. The van der Waals surface area contributed by atoms with E-state index in [1.807, 2.05) is 7.05 Å². The van der Waals surface area contributed by atoms with Crippen molar-refractivity contribution in [3.8, 4) is 0 Å². The molecule has 0 spiro atoms. The van der Waals surface area contributed by atoms with Gasteiger partial charge in [-0.25, -0.2) is 4.98 Å². The highest BCUT2D eigenvalue weighted by molar-refractivity contribution is 9.10. The predicted octanol–water partition coefficient (Wildman–Crippen LogP) is 2.99. The number of hydrogen-bond donors (Lipinski definition) is 1. The van der Waals surface area contributed by atoms with Crippen LogP contribution in [-0.2, 0) is 13.5 Å². The van der Waals surface area contributed by atoms with Crippen molar-refractivity contribution >= 4 is 15.9 Å². The fourth-order valence-electron chi connectivity index (χ4n) is 2.80. The zero-order valence-corrected chi connectivity index (χ0v) is 12.4. The van der Waals surface area contributed by atoms with Crippen molar-refractivity contribution in [2.75, 3.05) is 13.6 Å². The van der Waals surface area contributed by atoms with Gasteiger partial charge in [-0.1, -0.05) is 19.3 Å². The Labute approximate surface area is 112 Å². The number of nitrogens with one attached hydrogen (secondary N) is 1. The van der Waals surface area contributed by atoms with Gasteiger partial charge in [-0.3, -0.25) is 0 Å². The molecule has 0 aliphatic heterocycles. The molecule has 1 saturated carbocycles. The van der Waals surface area contributed by atoms with E-state index in [0.717, 1.165) is 17.6 Å². The molecular formula is C13H22BrN3. The molecule has 0 radical (unpaired) electrons. The third-order valence-electron chi connectivity index (χ3n) is 3.78. The van der Waals surface area contributed by atoms with Crippen LogP contribution >= 0.6 is 15.9 Å². The monoisotopic (exact) mass is 299 g/mol. The summed E-state index contributed by atoms with van der Waals surface area (Å²) in [4.78, 5) is 4.66. The van der Waals surface area contributed by atoms with E-state index in [0.29, 0.717) is 5.92 Å². The molecule has 0 aromatic carbocycles. The largest absolute Gasteiger partial charge is 0.334 e. The minimum absolute atomic E-state index is 0.707. The second-order valence-electron chi connectivity index (χ2n) is 4.95. The van der Waals surface area contributed by atoms with Gasteiger partial charge >= 0.3 is 0 Å². The van der Waals surface area contributed by atoms with Gasteiger partial charge in [0.25, 0.3) is 0 Å². The minimum Gasteiger partial charge on any atom is -0.334 e. The highest BCUT2D eigenvalue weighted by atomic mass is 79.9. The highest BCUT2D eigenvalue weighted by Crippen LogP contribution is 2.36. The van der Waals surface area contributed by atoms with Crippen molar-refractivity contribution in [1.29, 1.82) is 0 Å². The lowest BCUT2D eigenvalue weighted by Gasteiger charge is -2.22. The Hall–Kier alpha value is -0.350. The van der Waals surface area contributed by atoms with Gasteiger partial charge in [0.1, 0.15) is 10.4 Å². The Morgan fingerprint density at radius 1 is 1.35 bits per heavy atom. The molecule has 4 heteroatoms. The van der Waals surface area contributed by atoms with Gasteiger partial charge in [0, 0.05) is 25.9 Å². The summed E-state index contributed by atoms with van der Waals surface area (Å²) in [6, 6.07) is 0. The summed E-state index contributed by atoms with van der Waals surface area (Å²) in [5.41, 5.74) is 1.41. The Morgan fingerprint density at radius 3 is 2.71 bits per heavy atom. The molecule has 0 bridgehead atoms. The van der Waals surface area contributed by atoms with E-state index >= 15 is 0 Å². The van der Waals surface area contributed by atoms with Crippen LogP contribution in [0.25, 0.3) is 0 Å². The first-order valence-corrected chi connectivity index (χ1v) is 7.39. The Balaban J connectivity index is 2.17. The second-order valence-corrected chi connectivity index (χ2v) is 5.70. The van der Waals surface area contributed by atoms with Crippen molar-refractivity contribution < 1.29 is 0 Å². The molecule has 96 valence electrons. The summed E-state index contributed by atoms with van der Waals surface area (Å²) in [6.45, 7) is 0.988. The van der Waals surface area contributed by atoms with Crippen molar-refractivity contribution in [3.05, 3.63) is 16.1 Å². The molecule has 0 atom stereocenters. The van der Waals surface area contributed by atoms with Gasteiger partial charge in [-0.15, -0.1) is 0 Å². The summed E-state index contributed by atoms with van der Waals surface area (Å²) in [6.07, 6.45) is 7.78. The maximum Gasteiger partial charge on any atom is 0.127 e. The second kappa shape index (κ2) is 6.01. The molecule has 2 rings (SSSR count). The van der Waals surface area contributed by atoms with Crippen LogP contribution < -0.4 is 5.32 Å². The topological polar surface area (TPSA) is 29.9 Å². The molecule has 1 aliphatic rings. The number of rotatable bonds is 4. The molecule has 1 aromatic heterocycles. The first-order chi connectivity index (χ1) is 8.24. The van der Waals surface area contributed by atoms with E-state index in [2.05, 4.69) is 37.8 Å². The number of likely N-dealkylation sites (N-methyl/N-ethyl adjacent to an activating group) is 1. The highest BCUT2D eigenvalue weighted by Gasteiger charge is 2.23. The molecule has 0 amide bonds. The first kappa shape index (κ1) is 13.1. The minimum atomic E-state index is 0.707. The number of nitrogens with zero attached hydrogens (tertiary/aromatic N) is 2. The molecule has 1 aromatic rings. The summed E-state index contributed by atoms with van der Waals surface area (Å²) in [7, 11) is 4.15. The van der Waals surface area contributed by atoms with E-state index in [1.54, 1.807) is 0 Å². The van der Waals surface area contributed by atoms with Gasteiger partial charge in [0.05, 0.1) is 5.69 Å². The van der Waals surface area contributed by atoms with E-state index in [-0.39, 0.29) is 0 Å². The van der Waals surface area contributed by atoms with Crippen LogP contribution in [0, 0.1) is 0 Å². The first-order valence-electron chi connectivity index (χ1n) is 6.59. The Bertz CT molecular complexity index is 367. The molecule has 1 heterocycles. The fourth-order valence-corrected chi connectivity index (χ4v) is 3.60. The molecule has 1 N–H and O–H groups in total. The summed E-state index contributed by atoms with van der Waals surface area (Å²) in [5.74, 6) is 1.89. The van der Waals surface area contributed by atoms with Crippen LogP contribution in [0.1, 0.15) is 49.5 Å². The summed E-state index contributed by atoms with van der Waals surface area (Å²) in [5, 5.41) is 3.18. The number of imidazole rings is 1. The SMILES string of the molecule is CNCCc1nc(Br)c(C2CCCCC2)n1C. The van der Waals surface area contributed by atoms with Crippen LogP contribution in [0.4, 0.5) is 0 Å². The van der Waals surface area contributed by atoms with E-state index in [1.165, 1.54) is 43.6 Å². The van der Waals surface area contributed by atoms with Crippen molar-refractivity contribution in [2.45, 2.75) is 44.4 Å². The van der Waals surface area contributed by atoms with Crippen molar-refractivity contribution in [1.82, 2.24) is 14.9 Å². The quantitative estimate of drug-likeness (QED) is 0.926. The maximum atomic E-state index is 4.66. The van der Waals surface area contributed by atoms with Crippen LogP contribution in [0.5, 0.6) is 0 Å². The number of hydrogen-bond acceptors (Lipinski definition) is 2. The zero-order valence-electron chi connectivity index (χ0n) is 10.8. The van der Waals surface area contributed by atoms with Crippen LogP contribution in [0.2, 0.25) is 0 Å². The van der Waals surface area contributed by atoms with Crippen LogP contribution in [0.15, 0.2) is 4.60 Å². The molecule has 0 unspecified atom stereocenters. The summed E-state index contributed by atoms with van der Waals surface area (Å²) < 4.78 is 3.37. The maximum absolute atomic E-state index is 4.66. The Morgan fingerprint density at radius 2 is 2.06 bits per heavy atom. The molecule has 1 aliphatic carbocycles. The van der Waals surface area contributed by atoms with Gasteiger partial charge in [-0.05, 0) is 35.8 Å². The van der Waals surface area contributed by atoms with Crippen molar-refractivity contribution in [3.63, 3.8) is 0 Å². The van der Waals surface area contributed by atoms with Crippen molar-refractivity contribution in [2.24, 2.45) is 7.05 Å². The lowest BCUT2D eigenvalue weighted by atomic mass is 9.87. The van der Waals surface area contributed by atoms with Gasteiger partial charge in [0.2, 0.25) is 0 Å². The molecule has 3 nitrogen and oxygen atoms in total. The molecule has 17 heavy (non-hydrogen) atoms. The van der Waals surface area contributed by atoms with E-state index in [4.69, 9.17) is 0 Å². The normalized spacial score (nSPS) is 17.6. The van der Waals surface area contributed by atoms with Crippen LogP contribution in [-0.4, -0.2) is 23.1 Å². The van der Waals surface area contributed by atoms with Gasteiger partial charge in [-0.2, -0.15) is 0 Å². The molecular weight excluding hydrogens is 278 g/mol. The summed E-state index contributed by atoms with van der Waals surface area (Å²) >= 11 is 3.64. The van der Waals surface area contributed by atoms with Gasteiger partial charge in [0.15, 0.2) is 0 Å². The zero-order chi connectivity index (χ0) is 12.3. The number of aromatic nitrogens is 2. The third-order valence-corrected chi connectivity index (χ3v) is 4.36. The average Bonchev–Trinajstić information content (AvgIpc) is 2.63. The fraction of sp³-hybridized carbons (Fsp3) is 0.769. The van der Waals surface area contributed by atoms with Crippen LogP contribution in [0.3, 0.4) is 0 Å². The number of halogens is 1. The smallest absolute Gasteiger partial charge is 0.127 e. The van der Waals surface area contributed by atoms with E-state index < -0.39 is 0 Å². The Kier molecular flexibility index (Phi) is 4.62. The molecule has 0 saturated heterocycles. The van der Waals surface area contributed by atoms with E-state index in [9.17, 15) is 0 Å². The standard InChI is InChI=1S/C13H22BrN3/c1-15-9-8-11-16-13(14)12(17(11)2)10-6-4-3-5-7-10/h10,15H,3-9H2,1-2H3. The lowest BCUT2D eigenvalue weighted by molar-refractivity contribution is 0.426. The van der Waals surface area contributed by atoms with Gasteiger partial charge < -0.3 is 9.88 Å².